The molecule has 5 nitrogen and oxygen atoms in total. The molecule has 140 valence electrons. The Morgan fingerprint density at radius 2 is 1.81 bits per heavy atom. The predicted molar refractivity (Wildman–Crippen MR) is 100 cm³/mol. The van der Waals surface area contributed by atoms with E-state index in [-0.39, 0.29) is 23.3 Å². The van der Waals surface area contributed by atoms with E-state index in [0.29, 0.717) is 10.9 Å². The maximum atomic E-state index is 13.8. The molecule has 0 aliphatic carbocycles. The molecule has 1 aromatic heterocycles. The highest BCUT2D eigenvalue weighted by Gasteiger charge is 2.24. The van der Waals surface area contributed by atoms with Crippen LogP contribution in [0.3, 0.4) is 0 Å². The minimum absolute atomic E-state index is 0.00127. The molecule has 2 aromatic carbocycles. The number of amides is 1. The Balaban J connectivity index is 1.76. The fourth-order valence-electron chi connectivity index (χ4n) is 2.98. The van der Waals surface area contributed by atoms with E-state index in [4.69, 9.17) is 9.15 Å². The van der Waals surface area contributed by atoms with Crippen LogP contribution in [0.15, 0.2) is 52.9 Å². The van der Waals surface area contributed by atoms with Crippen LogP contribution in [-0.4, -0.2) is 24.5 Å². The molecule has 0 aliphatic heterocycles. The summed E-state index contributed by atoms with van der Waals surface area (Å²) in [7, 11) is 0. The average Bonchev–Trinajstić information content (AvgIpc) is 2.99. The topological polar surface area (TPSA) is 59.8 Å². The molecule has 0 bridgehead atoms. The molecule has 1 amide bonds. The summed E-state index contributed by atoms with van der Waals surface area (Å²) >= 11 is 0. The van der Waals surface area contributed by atoms with E-state index in [2.05, 4.69) is 0 Å². The fraction of sp³-hybridized carbons (Fsp3) is 0.238. The lowest BCUT2D eigenvalue weighted by molar-refractivity contribution is -0.122. The number of furan rings is 1. The second kappa shape index (κ2) is 7.61. The molecule has 0 N–H and O–H groups in total. The van der Waals surface area contributed by atoms with E-state index in [0.717, 1.165) is 5.69 Å². The summed E-state index contributed by atoms with van der Waals surface area (Å²) < 4.78 is 24.3. The Kier molecular flexibility index (Phi) is 5.26. The number of halogens is 1. The zero-order valence-corrected chi connectivity index (χ0v) is 15.4. The van der Waals surface area contributed by atoms with Gasteiger partial charge in [-0.1, -0.05) is 30.3 Å². The first-order chi connectivity index (χ1) is 12.9. The molecule has 3 rings (SSSR count). The van der Waals surface area contributed by atoms with Gasteiger partial charge in [-0.05, 0) is 39.0 Å². The smallest absolute Gasteiger partial charge is 0.375 e. The molecule has 0 unspecified atom stereocenters. The summed E-state index contributed by atoms with van der Waals surface area (Å²) in [6, 6.07) is 13.5. The van der Waals surface area contributed by atoms with Crippen molar-refractivity contribution in [1.82, 2.24) is 0 Å². The van der Waals surface area contributed by atoms with E-state index in [1.807, 2.05) is 44.2 Å². The Morgan fingerprint density at radius 1 is 1.11 bits per heavy atom. The molecule has 1 heterocycles. The maximum Gasteiger partial charge on any atom is 0.375 e. The SMILES string of the molecule is Cc1c(C(=O)OCC(=O)N(c2ccccc2)C(C)C)oc2c(F)cccc12. The second-order valence-corrected chi connectivity index (χ2v) is 6.44. The van der Waals surface area contributed by atoms with E-state index < -0.39 is 18.4 Å². The number of ether oxygens (including phenoxy) is 1. The number of anilines is 1. The summed E-state index contributed by atoms with van der Waals surface area (Å²) in [5.74, 6) is -1.81. The van der Waals surface area contributed by atoms with Crippen LogP contribution < -0.4 is 4.90 Å². The Bertz CT molecular complexity index is 979. The van der Waals surface area contributed by atoms with E-state index in [9.17, 15) is 14.0 Å². The molecule has 0 aliphatic rings. The van der Waals surface area contributed by atoms with E-state index in [1.165, 1.54) is 6.07 Å². The molecule has 0 spiro atoms. The van der Waals surface area contributed by atoms with Crippen molar-refractivity contribution in [3.63, 3.8) is 0 Å². The molecular weight excluding hydrogens is 349 g/mol. The molecule has 0 radical (unpaired) electrons. The predicted octanol–water partition coefficient (Wildman–Crippen LogP) is 4.48. The van der Waals surface area contributed by atoms with E-state index >= 15 is 0 Å². The molecule has 3 aromatic rings. The van der Waals surface area contributed by atoms with Gasteiger partial charge in [-0.15, -0.1) is 0 Å². The zero-order chi connectivity index (χ0) is 19.6. The highest BCUT2D eigenvalue weighted by molar-refractivity contribution is 5.99. The van der Waals surface area contributed by atoms with E-state index in [1.54, 1.807) is 24.0 Å². The number of hydrogen-bond donors (Lipinski definition) is 0. The largest absolute Gasteiger partial charge is 0.450 e. The lowest BCUT2D eigenvalue weighted by Crippen LogP contribution is -2.39. The molecule has 27 heavy (non-hydrogen) atoms. The Hall–Kier alpha value is -3.15. The van der Waals surface area contributed by atoms with Gasteiger partial charge in [0, 0.05) is 22.7 Å². The number of aryl methyl sites for hydroxylation is 1. The number of carbonyl (C=O) groups is 2. The highest BCUT2D eigenvalue weighted by atomic mass is 19.1. The van der Waals surface area contributed by atoms with Gasteiger partial charge in [-0.2, -0.15) is 0 Å². The van der Waals surface area contributed by atoms with Gasteiger partial charge >= 0.3 is 5.97 Å². The van der Waals surface area contributed by atoms with Crippen LogP contribution in [-0.2, 0) is 9.53 Å². The number of para-hydroxylation sites is 2. The van der Waals surface area contributed by atoms with Gasteiger partial charge in [-0.25, -0.2) is 9.18 Å². The first-order valence-electron chi connectivity index (χ1n) is 8.62. The first-order valence-corrected chi connectivity index (χ1v) is 8.62. The average molecular weight is 369 g/mol. The minimum atomic E-state index is -0.798. The van der Waals surface area contributed by atoms with Crippen molar-refractivity contribution in [1.29, 1.82) is 0 Å². The number of benzene rings is 2. The summed E-state index contributed by atoms with van der Waals surface area (Å²) in [6.45, 7) is 4.96. The van der Waals surface area contributed by atoms with Crippen molar-refractivity contribution in [3.05, 3.63) is 65.7 Å². The van der Waals surface area contributed by atoms with Crippen molar-refractivity contribution in [2.75, 3.05) is 11.5 Å². The van der Waals surface area contributed by atoms with Gasteiger partial charge in [0.15, 0.2) is 18.0 Å². The summed E-state index contributed by atoms with van der Waals surface area (Å²) in [5, 5.41) is 0.501. The van der Waals surface area contributed by atoms with Crippen molar-refractivity contribution in [2.24, 2.45) is 0 Å². The lowest BCUT2D eigenvalue weighted by Gasteiger charge is -2.26. The van der Waals surface area contributed by atoms with Gasteiger partial charge in [-0.3, -0.25) is 4.79 Å². The summed E-state index contributed by atoms with van der Waals surface area (Å²) in [4.78, 5) is 26.5. The highest BCUT2D eigenvalue weighted by Crippen LogP contribution is 2.27. The third-order valence-electron chi connectivity index (χ3n) is 4.25. The molecule has 0 saturated heterocycles. The molecular formula is C21H20FNO4. The third-order valence-corrected chi connectivity index (χ3v) is 4.25. The van der Waals surface area contributed by atoms with Crippen LogP contribution in [0.5, 0.6) is 0 Å². The van der Waals surface area contributed by atoms with Crippen molar-refractivity contribution in [2.45, 2.75) is 26.8 Å². The van der Waals surface area contributed by atoms with Crippen LogP contribution in [0.2, 0.25) is 0 Å². The second-order valence-electron chi connectivity index (χ2n) is 6.44. The van der Waals surface area contributed by atoms with Crippen LogP contribution >= 0.6 is 0 Å². The van der Waals surface area contributed by atoms with Crippen molar-refractivity contribution >= 4 is 28.5 Å². The molecule has 0 atom stereocenters. The summed E-state index contributed by atoms with van der Waals surface area (Å²) in [5.41, 5.74) is 1.20. The van der Waals surface area contributed by atoms with Crippen LogP contribution in [0.4, 0.5) is 10.1 Å². The lowest BCUT2D eigenvalue weighted by atomic mass is 10.1. The fourth-order valence-corrected chi connectivity index (χ4v) is 2.98. The van der Waals surface area contributed by atoms with Gasteiger partial charge in [0.2, 0.25) is 5.76 Å². The first kappa shape index (κ1) is 18.6. The maximum absolute atomic E-state index is 13.8. The Morgan fingerprint density at radius 3 is 2.44 bits per heavy atom. The van der Waals surface area contributed by atoms with Crippen molar-refractivity contribution in [3.8, 4) is 0 Å². The standard InChI is InChI=1S/C21H20FNO4/c1-13(2)23(15-8-5-4-6-9-15)18(24)12-26-21(25)19-14(3)16-10-7-11-17(22)20(16)27-19/h4-11,13H,12H2,1-3H3. The molecule has 0 fully saturated rings. The van der Waals surface area contributed by atoms with Gasteiger partial charge < -0.3 is 14.1 Å². The van der Waals surface area contributed by atoms with Crippen LogP contribution in [0, 0.1) is 12.7 Å². The van der Waals surface area contributed by atoms with Gasteiger partial charge in [0.05, 0.1) is 0 Å². The van der Waals surface area contributed by atoms with Gasteiger partial charge in [0.1, 0.15) is 0 Å². The number of nitrogens with zero attached hydrogens (tertiary/aromatic N) is 1. The third kappa shape index (κ3) is 3.69. The number of hydrogen-bond acceptors (Lipinski definition) is 4. The number of esters is 1. The van der Waals surface area contributed by atoms with Crippen molar-refractivity contribution < 1.29 is 23.1 Å². The number of carbonyl (C=O) groups excluding carboxylic acids is 2. The minimum Gasteiger partial charge on any atom is -0.450 e. The normalized spacial score (nSPS) is 11.0. The van der Waals surface area contributed by atoms with Gasteiger partial charge in [0.25, 0.3) is 5.91 Å². The van der Waals surface area contributed by atoms with Crippen LogP contribution in [0.1, 0.15) is 30.0 Å². The summed E-state index contributed by atoms with van der Waals surface area (Å²) in [6.07, 6.45) is 0. The molecule has 6 heteroatoms. The number of rotatable bonds is 5. The Labute approximate surface area is 156 Å². The zero-order valence-electron chi connectivity index (χ0n) is 15.4. The monoisotopic (exact) mass is 369 g/mol. The quantitative estimate of drug-likeness (QED) is 0.622. The van der Waals surface area contributed by atoms with Crippen LogP contribution in [0.25, 0.3) is 11.0 Å². The number of fused-ring (bicyclic) bond motifs is 1. The molecule has 0 saturated carbocycles.